The van der Waals surface area contributed by atoms with Crippen molar-refractivity contribution in [2.75, 3.05) is 0 Å². The molecule has 0 aromatic heterocycles. The van der Waals surface area contributed by atoms with E-state index in [4.69, 9.17) is 4.74 Å². The molecular weight excluding hydrogens is 248 g/mol. The minimum Gasteiger partial charge on any atom is -0.392 e. The van der Waals surface area contributed by atoms with Gasteiger partial charge in [0.05, 0.1) is 5.41 Å². The number of rotatable bonds is 0. The first kappa shape index (κ1) is 10.1. The first-order valence-electron chi connectivity index (χ1n) is 4.71. The fraction of sp³-hybridized carbons (Fsp3) is 0.800. The summed E-state index contributed by atoms with van der Waals surface area (Å²) in [6.45, 7) is 5.78. The number of fused-ring (bicyclic) bond motifs is 2. The van der Waals surface area contributed by atoms with E-state index in [9.17, 15) is 9.59 Å². The van der Waals surface area contributed by atoms with E-state index in [2.05, 4.69) is 15.9 Å². The third-order valence-corrected chi connectivity index (χ3v) is 6.01. The molecule has 2 rings (SSSR count). The molecule has 1 heterocycles. The molecule has 1 saturated heterocycles. The molecule has 0 spiro atoms. The van der Waals surface area contributed by atoms with Gasteiger partial charge in [-0.2, -0.15) is 0 Å². The number of hydrogen-bond acceptors (Lipinski definition) is 3. The lowest BCUT2D eigenvalue weighted by Crippen LogP contribution is -2.57. The van der Waals surface area contributed by atoms with Crippen molar-refractivity contribution in [3.8, 4) is 0 Å². The second-order valence-corrected chi connectivity index (χ2v) is 6.29. The first-order valence-corrected chi connectivity index (χ1v) is 5.51. The standard InChI is InChI=1S/C10H13BrO3/c1-8(2)9(3)4-5-10(8,11)7(13)14-6(9)12/h4-5H2,1-3H3/t9?,10-/m0/s1. The Morgan fingerprint density at radius 2 is 1.71 bits per heavy atom. The Hall–Kier alpha value is -0.380. The first-order chi connectivity index (χ1) is 6.26. The highest BCUT2D eigenvalue weighted by Crippen LogP contribution is 2.64. The summed E-state index contributed by atoms with van der Waals surface area (Å²) in [7, 11) is 0. The van der Waals surface area contributed by atoms with Crippen LogP contribution in [0.4, 0.5) is 0 Å². The smallest absolute Gasteiger partial charge is 0.331 e. The third kappa shape index (κ3) is 0.794. The van der Waals surface area contributed by atoms with Gasteiger partial charge in [-0.05, 0) is 19.8 Å². The number of halogens is 1. The molecule has 0 radical (unpaired) electrons. The van der Waals surface area contributed by atoms with Crippen LogP contribution in [0.15, 0.2) is 0 Å². The fourth-order valence-electron chi connectivity index (χ4n) is 2.48. The normalized spacial score (nSPS) is 45.1. The van der Waals surface area contributed by atoms with Crippen molar-refractivity contribution in [3.63, 3.8) is 0 Å². The number of ether oxygens (including phenoxy) is 1. The Morgan fingerprint density at radius 1 is 1.14 bits per heavy atom. The van der Waals surface area contributed by atoms with Gasteiger partial charge in [0.2, 0.25) is 0 Å². The van der Waals surface area contributed by atoms with Gasteiger partial charge >= 0.3 is 11.9 Å². The topological polar surface area (TPSA) is 43.4 Å². The second-order valence-electron chi connectivity index (χ2n) is 4.94. The van der Waals surface area contributed by atoms with Crippen LogP contribution < -0.4 is 0 Å². The summed E-state index contributed by atoms with van der Waals surface area (Å²) in [5.74, 6) is -0.803. The molecule has 0 N–H and O–H groups in total. The number of carbonyl (C=O) groups is 2. The molecule has 1 aliphatic carbocycles. The van der Waals surface area contributed by atoms with Crippen molar-refractivity contribution in [1.29, 1.82) is 0 Å². The van der Waals surface area contributed by atoms with Crippen molar-refractivity contribution in [1.82, 2.24) is 0 Å². The lowest BCUT2D eigenvalue weighted by Gasteiger charge is -2.46. The molecule has 2 aliphatic rings. The Kier molecular flexibility index (Phi) is 1.74. The van der Waals surface area contributed by atoms with Crippen LogP contribution in [0.25, 0.3) is 0 Å². The molecular formula is C10H13BrO3. The zero-order valence-corrected chi connectivity index (χ0v) is 10.1. The maximum atomic E-state index is 11.7. The Balaban J connectivity index is 2.61. The van der Waals surface area contributed by atoms with Gasteiger partial charge in [-0.25, -0.2) is 0 Å². The van der Waals surface area contributed by atoms with E-state index in [0.29, 0.717) is 12.8 Å². The van der Waals surface area contributed by atoms with Crippen LogP contribution in [0.2, 0.25) is 0 Å². The zero-order chi connectivity index (χ0) is 10.8. The molecule has 2 atom stereocenters. The molecule has 1 unspecified atom stereocenters. The highest BCUT2D eigenvalue weighted by Gasteiger charge is 2.71. The molecule has 1 aliphatic heterocycles. The summed E-state index contributed by atoms with van der Waals surface area (Å²) >= 11 is 3.46. The van der Waals surface area contributed by atoms with Gasteiger partial charge in [0.1, 0.15) is 4.32 Å². The van der Waals surface area contributed by atoms with Crippen molar-refractivity contribution in [2.24, 2.45) is 10.8 Å². The van der Waals surface area contributed by atoms with Crippen LogP contribution in [-0.4, -0.2) is 16.3 Å². The fourth-order valence-corrected chi connectivity index (χ4v) is 3.19. The number of esters is 2. The van der Waals surface area contributed by atoms with E-state index in [1.54, 1.807) is 0 Å². The summed E-state index contributed by atoms with van der Waals surface area (Å²) < 4.78 is 4.11. The maximum absolute atomic E-state index is 11.7. The zero-order valence-electron chi connectivity index (χ0n) is 8.52. The summed E-state index contributed by atoms with van der Waals surface area (Å²) in [5.41, 5.74) is -0.920. The Morgan fingerprint density at radius 3 is 2.29 bits per heavy atom. The van der Waals surface area contributed by atoms with E-state index in [-0.39, 0.29) is 11.4 Å². The van der Waals surface area contributed by atoms with Crippen molar-refractivity contribution < 1.29 is 14.3 Å². The van der Waals surface area contributed by atoms with E-state index < -0.39 is 15.7 Å². The summed E-state index contributed by atoms with van der Waals surface area (Å²) in [5, 5.41) is 0. The molecule has 0 aromatic carbocycles. The molecule has 1 saturated carbocycles. The van der Waals surface area contributed by atoms with Gasteiger partial charge in [0.15, 0.2) is 0 Å². The molecule has 0 amide bonds. The Labute approximate surface area is 91.3 Å². The summed E-state index contributed by atoms with van der Waals surface area (Å²) in [6, 6.07) is 0. The summed E-state index contributed by atoms with van der Waals surface area (Å²) in [4.78, 5) is 23.3. The quantitative estimate of drug-likeness (QED) is 0.380. The van der Waals surface area contributed by atoms with Crippen LogP contribution in [-0.2, 0) is 14.3 Å². The molecule has 4 heteroatoms. The summed E-state index contributed by atoms with van der Waals surface area (Å²) in [6.07, 6.45) is 1.37. The van der Waals surface area contributed by atoms with Crippen LogP contribution >= 0.6 is 15.9 Å². The minimum atomic E-state index is -0.678. The van der Waals surface area contributed by atoms with Gasteiger partial charge in [-0.3, -0.25) is 9.59 Å². The maximum Gasteiger partial charge on any atom is 0.331 e. The van der Waals surface area contributed by atoms with Crippen LogP contribution in [0.5, 0.6) is 0 Å². The highest BCUT2D eigenvalue weighted by atomic mass is 79.9. The lowest BCUT2D eigenvalue weighted by atomic mass is 9.64. The van der Waals surface area contributed by atoms with Gasteiger partial charge in [-0.1, -0.05) is 29.8 Å². The van der Waals surface area contributed by atoms with Crippen molar-refractivity contribution in [3.05, 3.63) is 0 Å². The predicted octanol–water partition coefficient (Wildman–Crippen LogP) is 2.03. The number of hydrogen-bond donors (Lipinski definition) is 0. The second kappa shape index (κ2) is 2.40. The van der Waals surface area contributed by atoms with Gasteiger partial charge in [0.25, 0.3) is 0 Å². The molecule has 2 fully saturated rings. The molecule has 78 valence electrons. The Bertz CT molecular complexity index is 306. The molecule has 2 bridgehead atoms. The van der Waals surface area contributed by atoms with Gasteiger partial charge < -0.3 is 4.74 Å². The number of carbonyl (C=O) groups excluding carboxylic acids is 2. The third-order valence-electron chi connectivity index (χ3n) is 4.30. The monoisotopic (exact) mass is 260 g/mol. The average molecular weight is 261 g/mol. The van der Waals surface area contributed by atoms with E-state index >= 15 is 0 Å². The van der Waals surface area contributed by atoms with Crippen molar-refractivity contribution in [2.45, 2.75) is 37.9 Å². The number of alkyl halides is 1. The van der Waals surface area contributed by atoms with Crippen LogP contribution in [0.1, 0.15) is 33.6 Å². The number of cyclic esters (lactones) is 2. The largest absolute Gasteiger partial charge is 0.392 e. The minimum absolute atomic E-state index is 0.375. The molecule has 0 aromatic rings. The highest BCUT2D eigenvalue weighted by molar-refractivity contribution is 9.10. The van der Waals surface area contributed by atoms with Crippen LogP contribution in [0.3, 0.4) is 0 Å². The average Bonchev–Trinajstić information content (AvgIpc) is 2.21. The van der Waals surface area contributed by atoms with Crippen LogP contribution in [0, 0.1) is 10.8 Å². The van der Waals surface area contributed by atoms with E-state index in [0.717, 1.165) is 0 Å². The molecule has 14 heavy (non-hydrogen) atoms. The molecule has 3 nitrogen and oxygen atoms in total. The van der Waals surface area contributed by atoms with Gasteiger partial charge in [0, 0.05) is 5.41 Å². The van der Waals surface area contributed by atoms with E-state index in [1.807, 2.05) is 20.8 Å². The van der Waals surface area contributed by atoms with E-state index in [1.165, 1.54) is 0 Å². The van der Waals surface area contributed by atoms with Gasteiger partial charge in [-0.15, -0.1) is 0 Å². The lowest BCUT2D eigenvalue weighted by molar-refractivity contribution is -0.182. The van der Waals surface area contributed by atoms with Crippen molar-refractivity contribution >= 4 is 27.9 Å². The SMILES string of the molecule is CC12CC[C@](Br)(C(=O)OC1=O)C2(C)C. The predicted molar refractivity (Wildman–Crippen MR) is 53.9 cm³/mol.